The summed E-state index contributed by atoms with van der Waals surface area (Å²) in [4.78, 5) is 0. The summed E-state index contributed by atoms with van der Waals surface area (Å²) in [6.45, 7) is 2.27. The van der Waals surface area contributed by atoms with Gasteiger partial charge in [-0.15, -0.1) is 0 Å². The third-order valence-corrected chi connectivity index (χ3v) is 3.95. The molecule has 1 unspecified atom stereocenters. The zero-order valence-corrected chi connectivity index (χ0v) is 13.5. The van der Waals surface area contributed by atoms with Gasteiger partial charge in [0, 0.05) is 24.9 Å². The summed E-state index contributed by atoms with van der Waals surface area (Å²) < 4.78 is 16.6. The molecule has 1 saturated heterocycles. The van der Waals surface area contributed by atoms with Crippen LogP contribution in [-0.4, -0.2) is 26.4 Å². The van der Waals surface area contributed by atoms with Gasteiger partial charge in [0.05, 0.1) is 13.2 Å². The van der Waals surface area contributed by atoms with Gasteiger partial charge < -0.3 is 19.5 Å². The van der Waals surface area contributed by atoms with Crippen molar-refractivity contribution in [3.05, 3.63) is 54.1 Å². The van der Waals surface area contributed by atoms with Gasteiger partial charge in [0.25, 0.3) is 0 Å². The lowest BCUT2D eigenvalue weighted by Crippen LogP contribution is -2.16. The van der Waals surface area contributed by atoms with E-state index in [0.717, 1.165) is 43.2 Å². The second-order valence-electron chi connectivity index (χ2n) is 5.68. The minimum atomic E-state index is 0.254. The highest BCUT2D eigenvalue weighted by Crippen LogP contribution is 2.19. The molecule has 0 saturated carbocycles. The van der Waals surface area contributed by atoms with Gasteiger partial charge in [0.1, 0.15) is 18.1 Å². The molecule has 1 fully saturated rings. The molecule has 2 aromatic carbocycles. The molecular weight excluding hydrogens is 290 g/mol. The van der Waals surface area contributed by atoms with Gasteiger partial charge in [-0.3, -0.25) is 0 Å². The first-order valence-corrected chi connectivity index (χ1v) is 8.05. The molecule has 1 aliphatic rings. The Morgan fingerprint density at radius 2 is 2.00 bits per heavy atom. The minimum Gasteiger partial charge on any atom is -0.497 e. The number of hydrogen-bond acceptors (Lipinski definition) is 4. The minimum absolute atomic E-state index is 0.254. The van der Waals surface area contributed by atoms with Crippen LogP contribution in [0, 0.1) is 0 Å². The second kappa shape index (κ2) is 7.88. The van der Waals surface area contributed by atoms with Gasteiger partial charge in [-0.25, -0.2) is 0 Å². The third kappa shape index (κ3) is 4.63. The van der Waals surface area contributed by atoms with Crippen molar-refractivity contribution in [3.63, 3.8) is 0 Å². The summed E-state index contributed by atoms with van der Waals surface area (Å²) in [7, 11) is 1.68. The molecule has 1 N–H and O–H groups in total. The summed E-state index contributed by atoms with van der Waals surface area (Å²) in [5, 5.41) is 3.39. The van der Waals surface area contributed by atoms with Crippen LogP contribution in [0.4, 0.5) is 5.69 Å². The zero-order chi connectivity index (χ0) is 15.9. The van der Waals surface area contributed by atoms with Crippen molar-refractivity contribution in [1.29, 1.82) is 0 Å². The molecule has 1 heterocycles. The SMILES string of the molecule is COc1cccc(NCc2ccc(OCC3CCCO3)cc2)c1. The van der Waals surface area contributed by atoms with E-state index >= 15 is 0 Å². The van der Waals surface area contributed by atoms with E-state index in [2.05, 4.69) is 17.4 Å². The van der Waals surface area contributed by atoms with Crippen molar-refractivity contribution in [2.24, 2.45) is 0 Å². The highest BCUT2D eigenvalue weighted by atomic mass is 16.5. The van der Waals surface area contributed by atoms with Gasteiger partial charge in [0.15, 0.2) is 0 Å². The quantitative estimate of drug-likeness (QED) is 0.842. The Morgan fingerprint density at radius 1 is 1.13 bits per heavy atom. The van der Waals surface area contributed by atoms with Crippen molar-refractivity contribution >= 4 is 5.69 Å². The van der Waals surface area contributed by atoms with E-state index in [1.165, 1.54) is 5.56 Å². The molecule has 0 radical (unpaired) electrons. The predicted molar refractivity (Wildman–Crippen MR) is 91.2 cm³/mol. The average Bonchev–Trinajstić information content (AvgIpc) is 3.13. The van der Waals surface area contributed by atoms with Crippen molar-refractivity contribution in [2.45, 2.75) is 25.5 Å². The van der Waals surface area contributed by atoms with E-state index in [4.69, 9.17) is 14.2 Å². The van der Waals surface area contributed by atoms with E-state index in [1.807, 2.05) is 36.4 Å². The van der Waals surface area contributed by atoms with E-state index in [0.29, 0.717) is 6.61 Å². The molecule has 4 heteroatoms. The summed E-state index contributed by atoms with van der Waals surface area (Å²) >= 11 is 0. The van der Waals surface area contributed by atoms with Crippen molar-refractivity contribution < 1.29 is 14.2 Å². The fraction of sp³-hybridized carbons (Fsp3) is 0.368. The van der Waals surface area contributed by atoms with Crippen molar-refractivity contribution in [2.75, 3.05) is 25.6 Å². The molecule has 0 bridgehead atoms. The monoisotopic (exact) mass is 313 g/mol. The number of anilines is 1. The molecule has 4 nitrogen and oxygen atoms in total. The van der Waals surface area contributed by atoms with E-state index in [-0.39, 0.29) is 6.10 Å². The Bertz CT molecular complexity index is 606. The van der Waals surface area contributed by atoms with Gasteiger partial charge in [-0.2, -0.15) is 0 Å². The molecule has 0 aromatic heterocycles. The Labute approximate surface area is 137 Å². The van der Waals surface area contributed by atoms with Gasteiger partial charge in [-0.05, 0) is 42.7 Å². The summed E-state index contributed by atoms with van der Waals surface area (Å²) in [5.74, 6) is 1.75. The van der Waals surface area contributed by atoms with Crippen LogP contribution in [0.3, 0.4) is 0 Å². The number of methoxy groups -OCH3 is 1. The standard InChI is InChI=1S/C19H23NO3/c1-21-18-5-2-4-16(12-18)20-13-15-7-9-17(10-8-15)23-14-19-6-3-11-22-19/h2,4-5,7-10,12,19-20H,3,6,11,13-14H2,1H3. The molecule has 122 valence electrons. The number of hydrogen-bond donors (Lipinski definition) is 1. The maximum Gasteiger partial charge on any atom is 0.120 e. The van der Waals surface area contributed by atoms with Crippen LogP contribution in [0.2, 0.25) is 0 Å². The summed E-state index contributed by atoms with van der Waals surface area (Å²) in [6.07, 6.45) is 2.50. The Kier molecular flexibility index (Phi) is 5.37. The number of ether oxygens (including phenoxy) is 3. The van der Waals surface area contributed by atoms with Crippen LogP contribution in [0.15, 0.2) is 48.5 Å². The molecule has 23 heavy (non-hydrogen) atoms. The number of rotatable bonds is 7. The molecule has 3 rings (SSSR count). The van der Waals surface area contributed by atoms with Crippen LogP contribution in [-0.2, 0) is 11.3 Å². The lowest BCUT2D eigenvalue weighted by molar-refractivity contribution is 0.0679. The topological polar surface area (TPSA) is 39.7 Å². The first-order chi connectivity index (χ1) is 11.3. The normalized spacial score (nSPS) is 17.0. The average molecular weight is 313 g/mol. The molecule has 1 atom stereocenters. The van der Waals surface area contributed by atoms with Gasteiger partial charge in [0.2, 0.25) is 0 Å². The maximum absolute atomic E-state index is 5.78. The van der Waals surface area contributed by atoms with E-state index in [1.54, 1.807) is 7.11 Å². The molecule has 0 aliphatic carbocycles. The van der Waals surface area contributed by atoms with Crippen molar-refractivity contribution in [1.82, 2.24) is 0 Å². The van der Waals surface area contributed by atoms with E-state index in [9.17, 15) is 0 Å². The van der Waals surface area contributed by atoms with Gasteiger partial charge in [-0.1, -0.05) is 18.2 Å². The lowest BCUT2D eigenvalue weighted by atomic mass is 10.2. The fourth-order valence-electron chi connectivity index (χ4n) is 2.61. The highest BCUT2D eigenvalue weighted by molar-refractivity contribution is 5.48. The van der Waals surface area contributed by atoms with Gasteiger partial charge >= 0.3 is 0 Å². The molecule has 0 amide bonds. The number of nitrogens with one attached hydrogen (secondary N) is 1. The molecule has 2 aromatic rings. The second-order valence-corrected chi connectivity index (χ2v) is 5.68. The van der Waals surface area contributed by atoms with Crippen LogP contribution in [0.5, 0.6) is 11.5 Å². The highest BCUT2D eigenvalue weighted by Gasteiger charge is 2.15. The van der Waals surface area contributed by atoms with Crippen LogP contribution >= 0.6 is 0 Å². The Morgan fingerprint density at radius 3 is 2.74 bits per heavy atom. The van der Waals surface area contributed by atoms with E-state index < -0.39 is 0 Å². The third-order valence-electron chi connectivity index (χ3n) is 3.95. The maximum atomic E-state index is 5.78. The van der Waals surface area contributed by atoms with Crippen LogP contribution in [0.25, 0.3) is 0 Å². The smallest absolute Gasteiger partial charge is 0.120 e. The summed E-state index contributed by atoms with van der Waals surface area (Å²) in [5.41, 5.74) is 2.25. The molecular formula is C19H23NO3. The van der Waals surface area contributed by atoms with Crippen LogP contribution < -0.4 is 14.8 Å². The summed E-state index contributed by atoms with van der Waals surface area (Å²) in [6, 6.07) is 16.1. The predicted octanol–water partition coefficient (Wildman–Crippen LogP) is 3.87. The lowest BCUT2D eigenvalue weighted by Gasteiger charge is -2.12. The zero-order valence-electron chi connectivity index (χ0n) is 13.5. The Balaban J connectivity index is 1.48. The first-order valence-electron chi connectivity index (χ1n) is 8.05. The molecule has 1 aliphatic heterocycles. The first kappa shape index (κ1) is 15.7. The largest absolute Gasteiger partial charge is 0.497 e. The Hall–Kier alpha value is -2.20. The fourth-order valence-corrected chi connectivity index (χ4v) is 2.61. The molecule has 0 spiro atoms. The van der Waals surface area contributed by atoms with Crippen molar-refractivity contribution in [3.8, 4) is 11.5 Å². The van der Waals surface area contributed by atoms with Crippen LogP contribution in [0.1, 0.15) is 18.4 Å². The number of benzene rings is 2.